The number of fused-ring (bicyclic) bond motifs is 3. The van der Waals surface area contributed by atoms with Crippen molar-refractivity contribution in [1.29, 1.82) is 0 Å². The fourth-order valence-corrected chi connectivity index (χ4v) is 5.16. The fourth-order valence-electron chi connectivity index (χ4n) is 5.02. The van der Waals surface area contributed by atoms with Gasteiger partial charge in [-0.2, -0.15) is 4.98 Å². The molecular formula is C23H31ClFN7O2. The standard InChI is InChI=1S/C23H31ClFN7O2/c1-23(2,3)34-22(33)32-13-6-7-14(32)10-30(9-13)20-16-8-26-19(24)17(25)18(16)27-21(28-20)31-11-15(12-31)29(4)5/h8,13-15H,6-7,9-12H2,1-5H3. The van der Waals surface area contributed by atoms with E-state index in [1.807, 2.05) is 44.7 Å². The third-order valence-electron chi connectivity index (χ3n) is 6.87. The minimum Gasteiger partial charge on any atom is -0.444 e. The molecule has 3 saturated heterocycles. The lowest BCUT2D eigenvalue weighted by Gasteiger charge is -2.44. The van der Waals surface area contributed by atoms with Crippen LogP contribution in [0.4, 0.5) is 21.0 Å². The summed E-state index contributed by atoms with van der Waals surface area (Å²) in [5.74, 6) is 0.491. The monoisotopic (exact) mass is 491 g/mol. The SMILES string of the molecule is CN(C)C1CN(c2nc(N3CC4CCC(C3)N4C(=O)OC(C)(C)C)c3cnc(Cl)c(F)c3n2)C1. The first-order chi connectivity index (χ1) is 16.0. The van der Waals surface area contributed by atoms with Gasteiger partial charge in [-0.1, -0.05) is 11.6 Å². The van der Waals surface area contributed by atoms with Crippen LogP contribution in [0.15, 0.2) is 6.20 Å². The second-order valence-corrected chi connectivity index (χ2v) is 11.0. The van der Waals surface area contributed by atoms with Crippen molar-refractivity contribution in [2.45, 2.75) is 57.3 Å². The predicted molar refractivity (Wildman–Crippen MR) is 129 cm³/mol. The average molecular weight is 492 g/mol. The van der Waals surface area contributed by atoms with E-state index in [1.165, 1.54) is 0 Å². The van der Waals surface area contributed by atoms with E-state index in [4.69, 9.17) is 21.3 Å². The molecule has 0 spiro atoms. The van der Waals surface area contributed by atoms with E-state index in [2.05, 4.69) is 19.8 Å². The summed E-state index contributed by atoms with van der Waals surface area (Å²) >= 11 is 5.99. The van der Waals surface area contributed by atoms with Crippen molar-refractivity contribution in [1.82, 2.24) is 24.8 Å². The molecule has 2 bridgehead atoms. The van der Waals surface area contributed by atoms with E-state index in [1.54, 1.807) is 6.20 Å². The summed E-state index contributed by atoms with van der Waals surface area (Å²) in [7, 11) is 4.08. The molecule has 2 aromatic rings. The number of anilines is 2. The highest BCUT2D eigenvalue weighted by molar-refractivity contribution is 6.30. The number of carbonyl (C=O) groups excluding carboxylic acids is 1. The maximum Gasteiger partial charge on any atom is 0.410 e. The molecule has 9 nitrogen and oxygen atoms in total. The van der Waals surface area contributed by atoms with E-state index in [0.29, 0.717) is 36.3 Å². The number of halogens is 2. The predicted octanol–water partition coefficient (Wildman–Crippen LogP) is 3.16. The molecule has 0 aliphatic carbocycles. The molecule has 5 rings (SSSR count). The van der Waals surface area contributed by atoms with Gasteiger partial charge < -0.3 is 19.4 Å². The second-order valence-electron chi connectivity index (χ2n) is 10.7. The van der Waals surface area contributed by atoms with Crippen LogP contribution in [-0.2, 0) is 4.74 Å². The van der Waals surface area contributed by atoms with Crippen LogP contribution < -0.4 is 9.80 Å². The van der Waals surface area contributed by atoms with Crippen molar-refractivity contribution < 1.29 is 13.9 Å². The first-order valence-electron chi connectivity index (χ1n) is 11.7. The van der Waals surface area contributed by atoms with Crippen LogP contribution in [0.3, 0.4) is 0 Å². The van der Waals surface area contributed by atoms with E-state index in [9.17, 15) is 4.79 Å². The first-order valence-corrected chi connectivity index (χ1v) is 12.1. The zero-order valence-corrected chi connectivity index (χ0v) is 21.0. The van der Waals surface area contributed by atoms with Crippen LogP contribution >= 0.6 is 11.6 Å². The Hall–Kier alpha value is -2.46. The molecule has 5 heterocycles. The van der Waals surface area contributed by atoms with Crippen LogP contribution in [0.2, 0.25) is 5.15 Å². The molecular weight excluding hydrogens is 461 g/mol. The molecule has 2 unspecified atom stereocenters. The molecule has 0 radical (unpaired) electrons. The Morgan fingerprint density at radius 2 is 1.76 bits per heavy atom. The number of hydrogen-bond acceptors (Lipinski definition) is 8. The lowest BCUT2D eigenvalue weighted by Crippen LogP contribution is -2.58. The zero-order chi connectivity index (χ0) is 24.4. The van der Waals surface area contributed by atoms with Crippen LogP contribution in [0.25, 0.3) is 10.9 Å². The largest absolute Gasteiger partial charge is 0.444 e. The van der Waals surface area contributed by atoms with E-state index >= 15 is 4.39 Å². The molecule has 34 heavy (non-hydrogen) atoms. The summed E-state index contributed by atoms with van der Waals surface area (Å²) < 4.78 is 20.7. The van der Waals surface area contributed by atoms with Crippen LogP contribution in [0.5, 0.6) is 0 Å². The van der Waals surface area contributed by atoms with Gasteiger partial charge in [-0.15, -0.1) is 0 Å². The summed E-state index contributed by atoms with van der Waals surface area (Å²) in [6, 6.07) is 0.422. The van der Waals surface area contributed by atoms with Gasteiger partial charge in [0.25, 0.3) is 0 Å². The molecule has 2 atom stereocenters. The summed E-state index contributed by atoms with van der Waals surface area (Å²) in [5.41, 5.74) is -0.370. The van der Waals surface area contributed by atoms with Gasteiger partial charge in [-0.3, -0.25) is 4.90 Å². The maximum absolute atomic E-state index is 15.0. The minimum atomic E-state index is -0.635. The van der Waals surface area contributed by atoms with Gasteiger partial charge in [0.2, 0.25) is 5.95 Å². The molecule has 11 heteroatoms. The van der Waals surface area contributed by atoms with Crippen LogP contribution in [-0.4, -0.2) is 94.8 Å². The molecule has 3 aliphatic heterocycles. The van der Waals surface area contributed by atoms with E-state index in [-0.39, 0.29) is 28.8 Å². The Kier molecular flexibility index (Phi) is 5.71. The third kappa shape index (κ3) is 4.11. The second kappa shape index (κ2) is 8.34. The molecule has 0 saturated carbocycles. The maximum atomic E-state index is 15.0. The van der Waals surface area contributed by atoms with Crippen LogP contribution in [0.1, 0.15) is 33.6 Å². The Balaban J connectivity index is 1.47. The van der Waals surface area contributed by atoms with Gasteiger partial charge in [-0.05, 0) is 47.7 Å². The van der Waals surface area contributed by atoms with Gasteiger partial charge in [-0.25, -0.2) is 19.2 Å². The normalized spacial score (nSPS) is 23.1. The van der Waals surface area contributed by atoms with Crippen molar-refractivity contribution in [3.63, 3.8) is 0 Å². The van der Waals surface area contributed by atoms with Gasteiger partial charge in [0.15, 0.2) is 11.0 Å². The lowest BCUT2D eigenvalue weighted by atomic mass is 10.1. The highest BCUT2D eigenvalue weighted by Crippen LogP contribution is 2.37. The summed E-state index contributed by atoms with van der Waals surface area (Å²) in [5, 5.41) is 0.327. The Morgan fingerprint density at radius 3 is 2.35 bits per heavy atom. The summed E-state index contributed by atoms with van der Waals surface area (Å²) in [4.78, 5) is 34.5. The Morgan fingerprint density at radius 1 is 1.12 bits per heavy atom. The number of likely N-dealkylation sites (N-methyl/N-ethyl adjacent to an activating group) is 1. The minimum absolute atomic E-state index is 0.00861. The Bertz CT molecular complexity index is 1100. The highest BCUT2D eigenvalue weighted by atomic mass is 35.5. The number of hydrogen-bond donors (Lipinski definition) is 0. The number of carbonyl (C=O) groups is 1. The topological polar surface area (TPSA) is 77.9 Å². The van der Waals surface area contributed by atoms with Gasteiger partial charge in [0.05, 0.1) is 17.5 Å². The molecule has 3 aliphatic rings. The highest BCUT2D eigenvalue weighted by Gasteiger charge is 2.45. The van der Waals surface area contributed by atoms with Crippen molar-refractivity contribution in [3.05, 3.63) is 17.2 Å². The molecule has 1 amide bonds. The number of amides is 1. The third-order valence-corrected chi connectivity index (χ3v) is 7.13. The van der Waals surface area contributed by atoms with Gasteiger partial charge >= 0.3 is 6.09 Å². The number of ether oxygens (including phenoxy) is 1. The summed E-state index contributed by atoms with van der Waals surface area (Å²) in [6.45, 7) is 8.35. The summed E-state index contributed by atoms with van der Waals surface area (Å²) in [6.07, 6.45) is 3.06. The number of nitrogens with zero attached hydrogens (tertiary/aromatic N) is 7. The average Bonchev–Trinajstić information content (AvgIpc) is 2.98. The molecule has 3 fully saturated rings. The number of rotatable bonds is 3. The van der Waals surface area contributed by atoms with Crippen molar-refractivity contribution in [2.75, 3.05) is 50.1 Å². The number of pyridine rings is 1. The van der Waals surface area contributed by atoms with Crippen molar-refractivity contribution in [3.8, 4) is 0 Å². The number of piperazine rings is 1. The van der Waals surface area contributed by atoms with Gasteiger partial charge in [0, 0.05) is 38.4 Å². The van der Waals surface area contributed by atoms with Gasteiger partial charge in [0.1, 0.15) is 16.9 Å². The van der Waals surface area contributed by atoms with E-state index in [0.717, 1.165) is 25.9 Å². The number of aromatic nitrogens is 3. The molecule has 0 N–H and O–H groups in total. The van der Waals surface area contributed by atoms with Crippen molar-refractivity contribution >= 4 is 40.4 Å². The zero-order valence-electron chi connectivity index (χ0n) is 20.3. The van der Waals surface area contributed by atoms with E-state index < -0.39 is 11.4 Å². The fraction of sp³-hybridized carbons (Fsp3) is 0.652. The van der Waals surface area contributed by atoms with Crippen molar-refractivity contribution in [2.24, 2.45) is 0 Å². The lowest BCUT2D eigenvalue weighted by molar-refractivity contribution is 0.0123. The molecule has 2 aromatic heterocycles. The first kappa shape index (κ1) is 23.3. The Labute approximate surface area is 203 Å². The van der Waals surface area contributed by atoms with Crippen LogP contribution in [0, 0.1) is 5.82 Å². The smallest absolute Gasteiger partial charge is 0.410 e. The quantitative estimate of drug-likeness (QED) is 0.606. The molecule has 0 aromatic carbocycles. The molecule has 184 valence electrons.